The van der Waals surface area contributed by atoms with Gasteiger partial charge in [-0.05, 0) is 37.2 Å². The van der Waals surface area contributed by atoms with Crippen LogP contribution in [0.15, 0.2) is 61.9 Å². The molecule has 1 aromatic carbocycles. The molecular formula is C33H41N6O13PS. The molecule has 0 radical (unpaired) electrons. The van der Waals surface area contributed by atoms with E-state index in [2.05, 4.69) is 15.3 Å². The zero-order chi connectivity index (χ0) is 39.2. The Hall–Kier alpha value is -4.16. The number of benzene rings is 1. The number of amides is 1. The molecule has 1 amide bonds. The van der Waals surface area contributed by atoms with E-state index < -0.39 is 103 Å². The predicted molar refractivity (Wildman–Crippen MR) is 191 cm³/mol. The van der Waals surface area contributed by atoms with Gasteiger partial charge in [0, 0.05) is 48.7 Å². The third-order valence-corrected chi connectivity index (χ3v) is 12.9. The van der Waals surface area contributed by atoms with Crippen LogP contribution in [-0.2, 0) is 34.3 Å². The second-order valence-corrected chi connectivity index (χ2v) is 17.0. The van der Waals surface area contributed by atoms with Gasteiger partial charge in [-0.15, -0.1) is 0 Å². The fourth-order valence-electron chi connectivity index (χ4n) is 5.84. The molecule has 19 nitrogen and oxygen atoms in total. The minimum Gasteiger partial charge on any atom is -0.394 e. The number of aromatic nitrogens is 4. The van der Waals surface area contributed by atoms with Crippen molar-refractivity contribution in [2.75, 3.05) is 32.1 Å². The van der Waals surface area contributed by atoms with Gasteiger partial charge in [-0.1, -0.05) is 30.3 Å². The normalized spacial score (nSPS) is 24.7. The lowest BCUT2D eigenvalue weighted by Crippen LogP contribution is -2.45. The Morgan fingerprint density at radius 3 is 2.19 bits per heavy atom. The number of aromatic amines is 2. The smallest absolute Gasteiger partial charge is 0.389 e. The molecule has 5 rings (SSSR count). The van der Waals surface area contributed by atoms with Crippen molar-refractivity contribution in [1.82, 2.24) is 24.4 Å². The molecule has 21 heteroatoms. The van der Waals surface area contributed by atoms with E-state index in [1.54, 1.807) is 0 Å². The first kappa shape index (κ1) is 41.0. The summed E-state index contributed by atoms with van der Waals surface area (Å²) in [5.41, 5.74) is -3.58. The highest BCUT2D eigenvalue weighted by molar-refractivity contribution is 8.55. The maximum absolute atomic E-state index is 14.6. The number of aryl methyl sites for hydroxylation is 2. The molecule has 2 unspecified atom stereocenters. The molecule has 2 aliphatic rings. The maximum Gasteiger partial charge on any atom is 0.389 e. The molecule has 0 spiro atoms. The van der Waals surface area contributed by atoms with Gasteiger partial charge in [0.05, 0.1) is 32.0 Å². The van der Waals surface area contributed by atoms with Crippen LogP contribution in [-0.4, -0.2) is 96.9 Å². The number of carbonyl (C=O) groups is 1. The fourth-order valence-corrected chi connectivity index (χ4v) is 9.64. The van der Waals surface area contributed by atoms with Crippen molar-refractivity contribution < 1.29 is 43.2 Å². The lowest BCUT2D eigenvalue weighted by molar-refractivity contribution is -0.128. The molecule has 8 atom stereocenters. The summed E-state index contributed by atoms with van der Waals surface area (Å²) in [4.78, 5) is 66.5. The lowest BCUT2D eigenvalue weighted by atomic mass is 9.92. The molecular weight excluding hydrogens is 751 g/mol. The topological polar surface area (TPSA) is 277 Å². The molecule has 2 aliphatic heterocycles. The van der Waals surface area contributed by atoms with Gasteiger partial charge in [0.15, 0.2) is 5.41 Å². The number of nitriles is 1. The zero-order valence-electron chi connectivity index (χ0n) is 29.3. The number of rotatable bonds is 16. The van der Waals surface area contributed by atoms with Gasteiger partial charge in [-0.3, -0.25) is 42.5 Å². The van der Waals surface area contributed by atoms with Crippen LogP contribution in [0.5, 0.6) is 0 Å². The van der Waals surface area contributed by atoms with Crippen molar-refractivity contribution in [2.24, 2.45) is 5.41 Å². The van der Waals surface area contributed by atoms with Gasteiger partial charge in [0.1, 0.15) is 30.8 Å². The fraction of sp³-hybridized carbons (Fsp3) is 0.515. The monoisotopic (exact) mass is 792 g/mol. The molecule has 4 heterocycles. The van der Waals surface area contributed by atoms with Crippen molar-refractivity contribution in [2.45, 2.75) is 70.0 Å². The third kappa shape index (κ3) is 9.37. The first-order chi connectivity index (χ1) is 25.7. The van der Waals surface area contributed by atoms with Crippen molar-refractivity contribution in [1.29, 1.82) is 5.26 Å². The van der Waals surface area contributed by atoms with E-state index in [1.165, 1.54) is 26.2 Å². The average Bonchev–Trinajstić information content (AvgIpc) is 3.73. The Labute approximate surface area is 311 Å². The molecule has 292 valence electrons. The minimum atomic E-state index is -4.57. The van der Waals surface area contributed by atoms with E-state index in [0.29, 0.717) is 17.8 Å². The number of ether oxygens (including phenoxy) is 2. The highest BCUT2D eigenvalue weighted by Gasteiger charge is 2.47. The zero-order valence-corrected chi connectivity index (χ0v) is 31.0. The van der Waals surface area contributed by atoms with Crippen molar-refractivity contribution in [3.05, 3.63) is 101 Å². The molecule has 0 aliphatic carbocycles. The van der Waals surface area contributed by atoms with Crippen molar-refractivity contribution in [3.8, 4) is 6.07 Å². The van der Waals surface area contributed by atoms with E-state index >= 15 is 0 Å². The standard InChI is InChI=1S/C33H41N6O13PS/c1-19-12-38(31(46)36-28(19)43)26-10-22(42)25(51-26)15-49-53(48,52-23-11-27(50-24(23)14-40)39-13-20(2)29(44)37-32(39)47)54-18-33(16-34,17-41)30(45)35-9-8-21-6-4-3-5-7-21/h3-7,12-13,22-27,40-42H,8-11,14-15,17-18H2,1-2H3,(H,35,45)(H,36,43,46)(H,37,44,47)/t22-,23-,24+,25+,26+,27+,33?,53?/m0/s1. The molecule has 0 bridgehead atoms. The Kier molecular flexibility index (Phi) is 13.3. The summed E-state index contributed by atoms with van der Waals surface area (Å²) in [6.07, 6.45) is -4.26. The maximum atomic E-state index is 14.6. The summed E-state index contributed by atoms with van der Waals surface area (Å²) in [7, 11) is 0. The molecule has 2 saturated heterocycles. The van der Waals surface area contributed by atoms with Crippen LogP contribution < -0.4 is 27.8 Å². The molecule has 54 heavy (non-hydrogen) atoms. The Bertz CT molecular complexity index is 2140. The van der Waals surface area contributed by atoms with Crippen LogP contribution in [0.3, 0.4) is 0 Å². The Morgan fingerprint density at radius 2 is 1.61 bits per heavy atom. The first-order valence-electron chi connectivity index (χ1n) is 16.9. The van der Waals surface area contributed by atoms with Crippen LogP contribution in [0.4, 0.5) is 0 Å². The second kappa shape index (κ2) is 17.5. The number of nitrogens with zero attached hydrogens (tertiary/aromatic N) is 3. The van der Waals surface area contributed by atoms with Crippen LogP contribution in [0.1, 0.15) is 42.0 Å². The van der Waals surface area contributed by atoms with E-state index in [0.717, 1.165) is 14.7 Å². The summed E-state index contributed by atoms with van der Waals surface area (Å²) >= 11 is 0.412. The van der Waals surface area contributed by atoms with Gasteiger partial charge < -0.3 is 30.1 Å². The number of hydrogen-bond acceptors (Lipinski definition) is 15. The quantitative estimate of drug-likeness (QED) is 0.102. The lowest BCUT2D eigenvalue weighted by Gasteiger charge is -2.28. The molecule has 3 aromatic rings. The average molecular weight is 793 g/mol. The van der Waals surface area contributed by atoms with Gasteiger partial charge in [0.25, 0.3) is 11.1 Å². The number of aliphatic hydroxyl groups is 3. The van der Waals surface area contributed by atoms with E-state index in [9.17, 15) is 49.1 Å². The summed E-state index contributed by atoms with van der Waals surface area (Å²) in [5, 5.41) is 44.0. The highest BCUT2D eigenvalue weighted by atomic mass is 32.7. The van der Waals surface area contributed by atoms with Crippen LogP contribution in [0.2, 0.25) is 0 Å². The van der Waals surface area contributed by atoms with E-state index in [-0.39, 0.29) is 30.5 Å². The van der Waals surface area contributed by atoms with Crippen molar-refractivity contribution >= 4 is 24.1 Å². The molecule has 2 aromatic heterocycles. The molecule has 6 N–H and O–H groups in total. The van der Waals surface area contributed by atoms with Gasteiger partial charge in [-0.25, -0.2) is 14.2 Å². The van der Waals surface area contributed by atoms with Crippen molar-refractivity contribution in [3.63, 3.8) is 0 Å². The number of carbonyl (C=O) groups excluding carboxylic acids is 1. The number of H-pyrrole nitrogens is 2. The minimum absolute atomic E-state index is 0.110. The van der Waals surface area contributed by atoms with Crippen LogP contribution >= 0.6 is 18.2 Å². The van der Waals surface area contributed by atoms with Gasteiger partial charge in [0.2, 0.25) is 5.91 Å². The summed E-state index contributed by atoms with van der Waals surface area (Å²) < 4.78 is 40.2. The number of nitrogens with one attached hydrogen (secondary N) is 3. The first-order valence-corrected chi connectivity index (χ1v) is 20.0. The number of aliphatic hydroxyl groups excluding tert-OH is 3. The second-order valence-electron chi connectivity index (χ2n) is 12.9. The third-order valence-electron chi connectivity index (χ3n) is 9.07. The largest absolute Gasteiger partial charge is 0.394 e. The van der Waals surface area contributed by atoms with E-state index in [4.69, 9.17) is 18.5 Å². The molecule has 2 fully saturated rings. The summed E-state index contributed by atoms with van der Waals surface area (Å²) in [6, 6.07) is 11.0. The predicted octanol–water partition coefficient (Wildman–Crippen LogP) is -0.264. The number of hydrogen-bond donors (Lipinski definition) is 6. The Balaban J connectivity index is 1.36. The van der Waals surface area contributed by atoms with E-state index in [1.807, 2.05) is 36.4 Å². The van der Waals surface area contributed by atoms with Gasteiger partial charge in [-0.2, -0.15) is 5.26 Å². The van der Waals surface area contributed by atoms with Gasteiger partial charge >= 0.3 is 18.2 Å². The summed E-state index contributed by atoms with van der Waals surface area (Å²) in [6.45, 7) is -3.71. The molecule has 0 saturated carbocycles. The Morgan fingerprint density at radius 1 is 1.02 bits per heavy atom. The van der Waals surface area contributed by atoms with Crippen LogP contribution in [0.25, 0.3) is 0 Å². The highest BCUT2D eigenvalue weighted by Crippen LogP contribution is 2.64. The summed E-state index contributed by atoms with van der Waals surface area (Å²) in [5.74, 6) is -1.44. The SMILES string of the molecule is Cc1cn([C@H]2C[C@H](OP(=O)(OC[C@H]3O[C@@H](n4cc(C)c(=O)[nH]c4=O)C[C@@H]3O)SCC(C#N)(CO)C(=O)NCCc3ccccc3)[C@@H](CO)O2)c(=O)[nH]c1=O. The van der Waals surface area contributed by atoms with Crippen LogP contribution in [0, 0.1) is 30.6 Å².